The van der Waals surface area contributed by atoms with Crippen molar-refractivity contribution in [2.75, 3.05) is 11.4 Å². The fraction of sp³-hybridized carbons (Fsp3) is 0.333. The molecule has 1 atom stereocenters. The van der Waals surface area contributed by atoms with E-state index in [2.05, 4.69) is 20.9 Å². The minimum absolute atomic E-state index is 0.172. The molecule has 0 aromatic carbocycles. The van der Waals surface area contributed by atoms with Crippen molar-refractivity contribution in [3.63, 3.8) is 0 Å². The van der Waals surface area contributed by atoms with Crippen molar-refractivity contribution >= 4 is 39.1 Å². The number of anilines is 1. The average molecular weight is 294 g/mol. The van der Waals surface area contributed by atoms with E-state index in [1.54, 1.807) is 0 Å². The molecule has 80 valence electrons. The second kappa shape index (κ2) is 4.06. The molecule has 1 aromatic rings. The van der Waals surface area contributed by atoms with Crippen LogP contribution >= 0.6 is 27.5 Å². The first-order valence-corrected chi connectivity index (χ1v) is 5.56. The van der Waals surface area contributed by atoms with Crippen LogP contribution in [0.25, 0.3) is 0 Å². The van der Waals surface area contributed by atoms with Gasteiger partial charge in [0.05, 0.1) is 5.38 Å². The summed E-state index contributed by atoms with van der Waals surface area (Å²) < 4.78 is 14.0. The van der Waals surface area contributed by atoms with Gasteiger partial charge in [0.1, 0.15) is 5.69 Å². The van der Waals surface area contributed by atoms with Gasteiger partial charge in [-0.1, -0.05) is 0 Å². The predicted molar refractivity (Wildman–Crippen MR) is 58.5 cm³/mol. The number of halogens is 3. The van der Waals surface area contributed by atoms with Crippen LogP contribution in [0.5, 0.6) is 0 Å². The Morgan fingerprint density at radius 3 is 3.00 bits per heavy atom. The Morgan fingerprint density at radius 1 is 1.67 bits per heavy atom. The van der Waals surface area contributed by atoms with Crippen molar-refractivity contribution in [1.29, 1.82) is 0 Å². The molecule has 2 rings (SSSR count). The molecule has 1 aliphatic rings. The van der Waals surface area contributed by atoms with Crippen molar-refractivity contribution < 1.29 is 9.18 Å². The van der Waals surface area contributed by atoms with Crippen molar-refractivity contribution in [2.24, 2.45) is 0 Å². The second-order valence-electron chi connectivity index (χ2n) is 3.27. The molecule has 3 nitrogen and oxygen atoms in total. The Balaban J connectivity index is 2.37. The number of hydrogen-bond acceptors (Lipinski definition) is 2. The predicted octanol–water partition coefficient (Wildman–Crippen LogP) is 2.33. The first kappa shape index (κ1) is 10.8. The summed E-state index contributed by atoms with van der Waals surface area (Å²) in [4.78, 5) is 16.3. The van der Waals surface area contributed by atoms with Crippen LogP contribution in [0, 0.1) is 5.95 Å². The van der Waals surface area contributed by atoms with Gasteiger partial charge in [-0.15, -0.1) is 11.6 Å². The molecular formula is C9H7BrClFN2O. The van der Waals surface area contributed by atoms with Crippen LogP contribution in [-0.4, -0.2) is 22.8 Å². The van der Waals surface area contributed by atoms with Crippen LogP contribution in [0.15, 0.2) is 16.7 Å². The lowest BCUT2D eigenvalue weighted by Crippen LogP contribution is -2.25. The smallest absolute Gasteiger partial charge is 0.236 e. The largest absolute Gasteiger partial charge is 0.307 e. The molecule has 0 aliphatic carbocycles. The van der Waals surface area contributed by atoms with E-state index in [0.717, 1.165) is 0 Å². The molecule has 1 amide bonds. The van der Waals surface area contributed by atoms with Crippen LogP contribution in [-0.2, 0) is 4.79 Å². The van der Waals surface area contributed by atoms with Gasteiger partial charge >= 0.3 is 0 Å². The van der Waals surface area contributed by atoms with Crippen LogP contribution < -0.4 is 4.90 Å². The quantitative estimate of drug-likeness (QED) is 0.588. The van der Waals surface area contributed by atoms with Gasteiger partial charge in [0.25, 0.3) is 0 Å². The van der Waals surface area contributed by atoms with Crippen molar-refractivity contribution in [3.05, 3.63) is 22.7 Å². The average Bonchev–Trinajstić information content (AvgIpc) is 2.50. The van der Waals surface area contributed by atoms with E-state index in [-0.39, 0.29) is 23.4 Å². The molecule has 0 saturated carbocycles. The van der Waals surface area contributed by atoms with Crippen LogP contribution in [0.4, 0.5) is 10.1 Å². The van der Waals surface area contributed by atoms with Crippen molar-refractivity contribution in [2.45, 2.75) is 11.8 Å². The fourth-order valence-electron chi connectivity index (χ4n) is 1.50. The highest BCUT2D eigenvalue weighted by molar-refractivity contribution is 9.10. The molecule has 15 heavy (non-hydrogen) atoms. The molecule has 0 radical (unpaired) electrons. The fourth-order valence-corrected chi connectivity index (χ4v) is 2.09. The van der Waals surface area contributed by atoms with Crippen molar-refractivity contribution in [3.8, 4) is 0 Å². The molecule has 0 bridgehead atoms. The first-order valence-electron chi connectivity index (χ1n) is 4.33. The number of hydrogen-bond donors (Lipinski definition) is 0. The first-order chi connectivity index (χ1) is 7.08. The van der Waals surface area contributed by atoms with Crippen LogP contribution in [0.3, 0.4) is 0 Å². The highest BCUT2D eigenvalue weighted by Gasteiger charge is 2.31. The summed E-state index contributed by atoms with van der Waals surface area (Å²) in [6.45, 7) is 0.329. The number of rotatable bonds is 1. The van der Waals surface area contributed by atoms with E-state index in [1.807, 2.05) is 0 Å². The van der Waals surface area contributed by atoms with E-state index < -0.39 is 5.95 Å². The molecule has 1 fully saturated rings. The third-order valence-corrected chi connectivity index (χ3v) is 2.88. The lowest BCUT2D eigenvalue weighted by molar-refractivity contribution is -0.117. The number of amides is 1. The third-order valence-electron chi connectivity index (χ3n) is 2.16. The van der Waals surface area contributed by atoms with Gasteiger partial charge in [0.15, 0.2) is 0 Å². The molecule has 2 heterocycles. The Kier molecular flexibility index (Phi) is 2.93. The summed E-state index contributed by atoms with van der Waals surface area (Å²) in [5.74, 6) is -0.828. The number of carbonyl (C=O) groups excluding carboxylic acids is 1. The minimum Gasteiger partial charge on any atom is -0.307 e. The molecular weight excluding hydrogens is 286 g/mol. The lowest BCUT2D eigenvalue weighted by Gasteiger charge is -2.15. The van der Waals surface area contributed by atoms with Crippen molar-refractivity contribution in [1.82, 2.24) is 4.98 Å². The molecule has 1 aromatic heterocycles. The molecule has 1 aliphatic heterocycles. The third kappa shape index (κ3) is 2.13. The highest BCUT2D eigenvalue weighted by atomic mass is 79.9. The van der Waals surface area contributed by atoms with Gasteiger partial charge in [0, 0.05) is 23.6 Å². The Hall–Kier alpha value is -0.680. The van der Waals surface area contributed by atoms with Gasteiger partial charge < -0.3 is 4.90 Å². The summed E-state index contributed by atoms with van der Waals surface area (Å²) >= 11 is 9.01. The van der Waals surface area contributed by atoms with Gasteiger partial charge in [-0.2, -0.15) is 4.39 Å². The van der Waals surface area contributed by atoms with E-state index in [9.17, 15) is 9.18 Å². The molecule has 1 saturated heterocycles. The van der Waals surface area contributed by atoms with E-state index in [4.69, 9.17) is 11.6 Å². The Bertz CT molecular complexity index is 415. The maximum Gasteiger partial charge on any atom is 0.236 e. The molecule has 1 unspecified atom stereocenters. The SMILES string of the molecule is O=C1CC(Cl)CN1c1cc(Br)cnc1F. The zero-order valence-corrected chi connectivity index (χ0v) is 9.92. The summed E-state index contributed by atoms with van der Waals surface area (Å²) in [6, 6.07) is 1.52. The van der Waals surface area contributed by atoms with E-state index in [0.29, 0.717) is 11.0 Å². The van der Waals surface area contributed by atoms with Gasteiger partial charge in [-0.05, 0) is 22.0 Å². The standard InChI is InChI=1S/C9H7BrClFN2O/c10-5-1-7(9(12)13-3-5)14-4-6(11)2-8(14)15/h1,3,6H,2,4H2. The lowest BCUT2D eigenvalue weighted by atomic mass is 10.3. The summed E-state index contributed by atoms with van der Waals surface area (Å²) in [6.07, 6.45) is 1.59. The number of nitrogens with zero attached hydrogens (tertiary/aromatic N) is 2. The van der Waals surface area contributed by atoms with E-state index in [1.165, 1.54) is 17.2 Å². The summed E-state index contributed by atoms with van der Waals surface area (Å²) in [5, 5.41) is -0.254. The second-order valence-corrected chi connectivity index (χ2v) is 4.80. The number of aromatic nitrogens is 1. The minimum atomic E-state index is -0.655. The normalized spacial score (nSPS) is 21.1. The van der Waals surface area contributed by atoms with Crippen LogP contribution in [0.1, 0.15) is 6.42 Å². The maximum atomic E-state index is 13.4. The number of carbonyl (C=O) groups is 1. The topological polar surface area (TPSA) is 33.2 Å². The molecule has 0 spiro atoms. The number of alkyl halides is 1. The van der Waals surface area contributed by atoms with Crippen LogP contribution in [0.2, 0.25) is 0 Å². The molecule has 6 heteroatoms. The van der Waals surface area contributed by atoms with Gasteiger partial charge in [-0.25, -0.2) is 4.98 Å². The monoisotopic (exact) mass is 292 g/mol. The molecule has 0 N–H and O–H groups in total. The van der Waals surface area contributed by atoms with Gasteiger partial charge in [0.2, 0.25) is 11.9 Å². The van der Waals surface area contributed by atoms with E-state index >= 15 is 0 Å². The Morgan fingerprint density at radius 2 is 2.40 bits per heavy atom. The summed E-state index contributed by atoms with van der Waals surface area (Å²) in [5.41, 5.74) is 0.178. The number of pyridine rings is 1. The summed E-state index contributed by atoms with van der Waals surface area (Å²) in [7, 11) is 0. The maximum absolute atomic E-state index is 13.4. The Labute approximate surface area is 99.4 Å². The van der Waals surface area contributed by atoms with Gasteiger partial charge in [-0.3, -0.25) is 4.79 Å². The zero-order valence-electron chi connectivity index (χ0n) is 7.58. The highest BCUT2D eigenvalue weighted by Crippen LogP contribution is 2.27. The zero-order chi connectivity index (χ0) is 11.0.